The Morgan fingerprint density at radius 1 is 1.33 bits per heavy atom. The van der Waals surface area contributed by atoms with E-state index in [2.05, 4.69) is 23.5 Å². The van der Waals surface area contributed by atoms with Crippen molar-refractivity contribution >= 4 is 18.1 Å². The number of aliphatic hydroxyl groups is 1. The second-order valence-corrected chi connectivity index (χ2v) is 4.20. The summed E-state index contributed by atoms with van der Waals surface area (Å²) < 4.78 is 9.49. The summed E-state index contributed by atoms with van der Waals surface area (Å²) in [5.74, 6) is -0.0188. The van der Waals surface area contributed by atoms with Crippen LogP contribution in [-0.2, 0) is 9.47 Å². The average molecular weight is 297 g/mol. The van der Waals surface area contributed by atoms with Crippen molar-refractivity contribution in [1.82, 2.24) is 10.2 Å². The van der Waals surface area contributed by atoms with Crippen LogP contribution in [0.25, 0.3) is 0 Å². The first kappa shape index (κ1) is 16.7. The van der Waals surface area contributed by atoms with E-state index in [0.717, 1.165) is 0 Å². The largest absolute Gasteiger partial charge is 0.445 e. The molecule has 0 aliphatic carbocycles. The molecule has 21 heavy (non-hydrogen) atoms. The van der Waals surface area contributed by atoms with Crippen molar-refractivity contribution in [2.45, 2.75) is 12.5 Å². The first-order valence-corrected chi connectivity index (χ1v) is 6.40. The van der Waals surface area contributed by atoms with Gasteiger partial charge in [0.05, 0.1) is 6.10 Å². The quantitative estimate of drug-likeness (QED) is 0.449. The molecule has 1 atom stereocenters. The van der Waals surface area contributed by atoms with Crippen molar-refractivity contribution < 1.29 is 24.2 Å². The monoisotopic (exact) mass is 297 g/mol. The number of aliphatic imine (C=N–C) groups is 1. The SMILES string of the molecule is C=CCOC(=O)N=C(NC(=O)OCC=C)N1CC[C@@H](O)C1. The van der Waals surface area contributed by atoms with Crippen LogP contribution in [0.5, 0.6) is 0 Å². The topological polar surface area (TPSA) is 100 Å². The molecule has 116 valence electrons. The number of likely N-dealkylation sites (tertiary alicyclic amines) is 1. The van der Waals surface area contributed by atoms with Gasteiger partial charge in [-0.1, -0.05) is 25.3 Å². The average Bonchev–Trinajstić information content (AvgIpc) is 2.88. The fourth-order valence-electron chi connectivity index (χ4n) is 1.62. The number of hydrogen-bond donors (Lipinski definition) is 2. The predicted molar refractivity (Wildman–Crippen MR) is 75.9 cm³/mol. The van der Waals surface area contributed by atoms with Crippen molar-refractivity contribution in [3.05, 3.63) is 25.3 Å². The Kier molecular flexibility index (Phi) is 6.96. The zero-order valence-corrected chi connectivity index (χ0v) is 11.7. The van der Waals surface area contributed by atoms with Crippen LogP contribution in [-0.4, -0.2) is 60.6 Å². The number of rotatable bonds is 4. The van der Waals surface area contributed by atoms with Gasteiger partial charge in [0.2, 0.25) is 5.96 Å². The molecule has 0 saturated carbocycles. The minimum atomic E-state index is -0.865. The Bertz CT molecular complexity index is 436. The lowest BCUT2D eigenvalue weighted by atomic mass is 10.3. The van der Waals surface area contributed by atoms with Crippen LogP contribution in [0.1, 0.15) is 6.42 Å². The fourth-order valence-corrected chi connectivity index (χ4v) is 1.62. The first-order valence-electron chi connectivity index (χ1n) is 6.40. The van der Waals surface area contributed by atoms with Crippen LogP contribution in [0.4, 0.5) is 9.59 Å². The van der Waals surface area contributed by atoms with Gasteiger partial charge in [-0.25, -0.2) is 9.59 Å². The predicted octanol–water partition coefficient (Wildman–Crippen LogP) is 0.644. The smallest absolute Gasteiger partial charge is 0.437 e. The van der Waals surface area contributed by atoms with Gasteiger partial charge < -0.3 is 19.5 Å². The third-order valence-corrected chi connectivity index (χ3v) is 2.53. The van der Waals surface area contributed by atoms with Gasteiger partial charge in [-0.3, -0.25) is 5.32 Å². The second-order valence-electron chi connectivity index (χ2n) is 4.20. The number of ether oxygens (including phenoxy) is 2. The fraction of sp³-hybridized carbons (Fsp3) is 0.462. The molecular weight excluding hydrogens is 278 g/mol. The molecule has 0 bridgehead atoms. The van der Waals surface area contributed by atoms with Gasteiger partial charge in [-0.05, 0) is 6.42 Å². The number of guanidine groups is 1. The van der Waals surface area contributed by atoms with Crippen molar-refractivity contribution in [2.24, 2.45) is 4.99 Å². The Hall–Kier alpha value is -2.35. The van der Waals surface area contributed by atoms with E-state index in [1.165, 1.54) is 12.2 Å². The normalized spacial score (nSPS) is 18.0. The number of β-amino-alcohol motifs (C(OH)–C–C–N with tert-alkyl or cyclic N) is 1. The van der Waals surface area contributed by atoms with E-state index in [4.69, 9.17) is 9.47 Å². The molecule has 8 nitrogen and oxygen atoms in total. The maximum Gasteiger partial charge on any atom is 0.437 e. The Labute approximate surface area is 122 Å². The molecule has 1 saturated heterocycles. The van der Waals surface area contributed by atoms with Crippen LogP contribution < -0.4 is 5.32 Å². The van der Waals surface area contributed by atoms with Crippen molar-refractivity contribution in [2.75, 3.05) is 26.3 Å². The van der Waals surface area contributed by atoms with Crippen molar-refractivity contribution in [3.8, 4) is 0 Å². The molecule has 1 aliphatic heterocycles. The number of carbonyl (C=O) groups excluding carboxylic acids is 2. The van der Waals surface area contributed by atoms with E-state index in [0.29, 0.717) is 13.0 Å². The van der Waals surface area contributed by atoms with E-state index in [-0.39, 0.29) is 25.7 Å². The molecule has 1 heterocycles. The molecule has 0 aromatic rings. The number of nitrogens with one attached hydrogen (secondary N) is 1. The number of nitrogens with zero attached hydrogens (tertiary/aromatic N) is 2. The number of alkyl carbamates (subject to hydrolysis) is 1. The van der Waals surface area contributed by atoms with Crippen molar-refractivity contribution in [3.63, 3.8) is 0 Å². The molecule has 0 spiro atoms. The lowest BCUT2D eigenvalue weighted by Gasteiger charge is -2.19. The summed E-state index contributed by atoms with van der Waals surface area (Å²) in [6.45, 7) is 7.59. The Balaban J connectivity index is 2.71. The summed E-state index contributed by atoms with van der Waals surface area (Å²) in [6.07, 6.45) is 1.16. The van der Waals surface area contributed by atoms with Crippen LogP contribution in [0.3, 0.4) is 0 Å². The van der Waals surface area contributed by atoms with Gasteiger partial charge in [0, 0.05) is 13.1 Å². The van der Waals surface area contributed by atoms with Crippen molar-refractivity contribution in [1.29, 1.82) is 0 Å². The third-order valence-electron chi connectivity index (χ3n) is 2.53. The minimum absolute atomic E-state index is 0.0130. The van der Waals surface area contributed by atoms with E-state index in [1.54, 1.807) is 4.90 Å². The summed E-state index contributed by atoms with van der Waals surface area (Å²) in [5.41, 5.74) is 0. The van der Waals surface area contributed by atoms with E-state index in [1.807, 2.05) is 0 Å². The van der Waals surface area contributed by atoms with Gasteiger partial charge in [-0.15, -0.1) is 4.99 Å². The number of amides is 2. The highest BCUT2D eigenvalue weighted by molar-refractivity contribution is 5.98. The molecule has 0 radical (unpaired) electrons. The summed E-state index contributed by atoms with van der Waals surface area (Å²) in [4.78, 5) is 28.2. The highest BCUT2D eigenvalue weighted by Crippen LogP contribution is 2.09. The standard InChI is InChI=1S/C13H19N3O5/c1-3-7-20-12(18)14-11(15-13(19)21-8-4-2)16-6-5-10(17)9-16/h3-4,10,17H,1-2,5-9H2,(H,14,15,18,19)/t10-/m1/s1. The maximum absolute atomic E-state index is 11.5. The second kappa shape index (κ2) is 8.75. The minimum Gasteiger partial charge on any atom is -0.445 e. The first-order chi connectivity index (χ1) is 10.1. The lowest BCUT2D eigenvalue weighted by Crippen LogP contribution is -2.44. The molecule has 0 aromatic heterocycles. The molecule has 0 unspecified atom stereocenters. The van der Waals surface area contributed by atoms with Gasteiger partial charge in [0.25, 0.3) is 0 Å². The summed E-state index contributed by atoms with van der Waals surface area (Å²) in [7, 11) is 0. The molecule has 1 fully saturated rings. The van der Waals surface area contributed by atoms with Crippen LogP contribution in [0, 0.1) is 0 Å². The Morgan fingerprint density at radius 2 is 2.00 bits per heavy atom. The van der Waals surface area contributed by atoms with Crippen LogP contribution >= 0.6 is 0 Å². The highest BCUT2D eigenvalue weighted by atomic mass is 16.6. The number of hydrogen-bond acceptors (Lipinski definition) is 5. The van der Waals surface area contributed by atoms with E-state index in [9.17, 15) is 14.7 Å². The molecule has 2 N–H and O–H groups in total. The molecule has 0 aromatic carbocycles. The van der Waals surface area contributed by atoms with Gasteiger partial charge in [-0.2, -0.15) is 0 Å². The van der Waals surface area contributed by atoms with Crippen LogP contribution in [0.15, 0.2) is 30.3 Å². The zero-order valence-electron chi connectivity index (χ0n) is 11.7. The Morgan fingerprint density at radius 3 is 2.57 bits per heavy atom. The lowest BCUT2D eigenvalue weighted by molar-refractivity contribution is 0.161. The summed E-state index contributed by atoms with van der Waals surface area (Å²) >= 11 is 0. The molecular formula is C13H19N3O5. The van der Waals surface area contributed by atoms with E-state index >= 15 is 0 Å². The van der Waals surface area contributed by atoms with Crippen LogP contribution in [0.2, 0.25) is 0 Å². The zero-order chi connectivity index (χ0) is 15.7. The summed E-state index contributed by atoms with van der Waals surface area (Å²) in [6, 6.07) is 0. The molecule has 8 heteroatoms. The van der Waals surface area contributed by atoms with E-state index < -0.39 is 18.3 Å². The number of carbonyl (C=O) groups is 2. The molecule has 1 rings (SSSR count). The third kappa shape index (κ3) is 6.09. The molecule has 1 aliphatic rings. The summed E-state index contributed by atoms with van der Waals surface area (Å²) in [5, 5.41) is 11.9. The van der Waals surface area contributed by atoms with Gasteiger partial charge in [0.15, 0.2) is 0 Å². The molecule has 2 amide bonds. The van der Waals surface area contributed by atoms with Gasteiger partial charge >= 0.3 is 12.2 Å². The van der Waals surface area contributed by atoms with Gasteiger partial charge in [0.1, 0.15) is 13.2 Å². The maximum atomic E-state index is 11.5. The highest BCUT2D eigenvalue weighted by Gasteiger charge is 2.25. The number of aliphatic hydroxyl groups excluding tert-OH is 1.